The molecule has 0 atom stereocenters. The molecule has 2 N–H and O–H groups in total. The largest absolute Gasteiger partial charge is 0.362 e. The molecule has 0 saturated carbocycles. The van der Waals surface area contributed by atoms with Gasteiger partial charge in [0, 0.05) is 12.6 Å². The standard InChI is InChI=1S/C19H24N2OS/c1-15-7-9-17(10-8-15)11-12-18(22)21-19(23)20-14-13-16-5-3-2-4-6-16/h5,7-12H,2-4,6,13-14H2,1H3,(H2,20,21,22,23). The molecule has 0 heterocycles. The van der Waals surface area contributed by atoms with Gasteiger partial charge in [-0.05, 0) is 62.9 Å². The topological polar surface area (TPSA) is 41.1 Å². The molecule has 0 aromatic heterocycles. The molecule has 1 amide bonds. The molecule has 0 radical (unpaired) electrons. The monoisotopic (exact) mass is 328 g/mol. The maximum Gasteiger partial charge on any atom is 0.250 e. The van der Waals surface area contributed by atoms with Crippen LogP contribution in [0, 0.1) is 6.92 Å². The van der Waals surface area contributed by atoms with Gasteiger partial charge in [-0.25, -0.2) is 0 Å². The normalized spacial score (nSPS) is 14.4. The SMILES string of the molecule is Cc1ccc(C=CC(=O)NC(=S)NCCC2=CCCCC2)cc1. The Morgan fingerprint density at radius 2 is 2.04 bits per heavy atom. The third-order valence-electron chi connectivity index (χ3n) is 3.86. The summed E-state index contributed by atoms with van der Waals surface area (Å²) < 4.78 is 0. The zero-order chi connectivity index (χ0) is 16.5. The van der Waals surface area contributed by atoms with E-state index in [1.807, 2.05) is 31.2 Å². The minimum absolute atomic E-state index is 0.208. The van der Waals surface area contributed by atoms with Gasteiger partial charge < -0.3 is 5.32 Å². The van der Waals surface area contributed by atoms with Crippen LogP contribution in [0.1, 0.15) is 43.2 Å². The van der Waals surface area contributed by atoms with Crippen molar-refractivity contribution in [3.05, 3.63) is 53.1 Å². The van der Waals surface area contributed by atoms with Gasteiger partial charge in [0.15, 0.2) is 5.11 Å². The summed E-state index contributed by atoms with van der Waals surface area (Å²) in [4.78, 5) is 11.8. The van der Waals surface area contributed by atoms with Crippen LogP contribution in [-0.2, 0) is 4.79 Å². The van der Waals surface area contributed by atoms with Crippen molar-refractivity contribution in [3.8, 4) is 0 Å². The van der Waals surface area contributed by atoms with Crippen LogP contribution >= 0.6 is 12.2 Å². The minimum atomic E-state index is -0.208. The van der Waals surface area contributed by atoms with Gasteiger partial charge in [-0.1, -0.05) is 41.5 Å². The number of aryl methyl sites for hydroxylation is 1. The zero-order valence-corrected chi connectivity index (χ0v) is 14.4. The molecule has 1 aliphatic carbocycles. The Balaban J connectivity index is 1.68. The molecule has 0 bridgehead atoms. The molecule has 1 aliphatic rings. The van der Waals surface area contributed by atoms with Crippen LogP contribution in [-0.4, -0.2) is 17.6 Å². The third kappa shape index (κ3) is 6.78. The quantitative estimate of drug-likeness (QED) is 0.489. The summed E-state index contributed by atoms with van der Waals surface area (Å²) in [6.45, 7) is 2.81. The van der Waals surface area contributed by atoms with E-state index in [1.54, 1.807) is 6.08 Å². The van der Waals surface area contributed by atoms with Crippen LogP contribution in [0.15, 0.2) is 42.0 Å². The highest BCUT2D eigenvalue weighted by Gasteiger charge is 2.04. The van der Waals surface area contributed by atoms with Gasteiger partial charge in [0.1, 0.15) is 0 Å². The fourth-order valence-corrected chi connectivity index (χ4v) is 2.72. The number of benzene rings is 1. The molecule has 2 rings (SSSR count). The minimum Gasteiger partial charge on any atom is -0.362 e. The van der Waals surface area contributed by atoms with Gasteiger partial charge in [0.25, 0.3) is 0 Å². The summed E-state index contributed by atoms with van der Waals surface area (Å²) in [6.07, 6.45) is 11.6. The van der Waals surface area contributed by atoms with Crippen LogP contribution < -0.4 is 10.6 Å². The Kier molecular flexibility index (Phi) is 7.01. The second-order valence-corrected chi connectivity index (χ2v) is 6.26. The zero-order valence-electron chi connectivity index (χ0n) is 13.6. The molecule has 122 valence electrons. The summed E-state index contributed by atoms with van der Waals surface area (Å²) in [5, 5.41) is 6.15. The summed E-state index contributed by atoms with van der Waals surface area (Å²) in [7, 11) is 0. The molecule has 0 fully saturated rings. The van der Waals surface area contributed by atoms with E-state index in [1.165, 1.54) is 42.9 Å². The van der Waals surface area contributed by atoms with Gasteiger partial charge in [-0.15, -0.1) is 0 Å². The van der Waals surface area contributed by atoms with E-state index < -0.39 is 0 Å². The molecule has 1 aromatic rings. The lowest BCUT2D eigenvalue weighted by atomic mass is 9.97. The van der Waals surface area contributed by atoms with Crippen molar-refractivity contribution in [3.63, 3.8) is 0 Å². The number of rotatable bonds is 5. The molecule has 1 aromatic carbocycles. The Morgan fingerprint density at radius 1 is 1.26 bits per heavy atom. The summed E-state index contributed by atoms with van der Waals surface area (Å²) >= 11 is 5.15. The summed E-state index contributed by atoms with van der Waals surface area (Å²) in [5.74, 6) is -0.208. The summed E-state index contributed by atoms with van der Waals surface area (Å²) in [6, 6.07) is 7.99. The lowest BCUT2D eigenvalue weighted by Gasteiger charge is -2.13. The van der Waals surface area contributed by atoms with Crippen LogP contribution in [0.5, 0.6) is 0 Å². The van der Waals surface area contributed by atoms with Gasteiger partial charge in [-0.3, -0.25) is 10.1 Å². The van der Waals surface area contributed by atoms with Crippen LogP contribution in [0.4, 0.5) is 0 Å². The maximum atomic E-state index is 11.8. The average molecular weight is 328 g/mol. The highest BCUT2D eigenvalue weighted by Crippen LogP contribution is 2.19. The van der Waals surface area contributed by atoms with Crippen LogP contribution in [0.3, 0.4) is 0 Å². The molecule has 0 spiro atoms. The second-order valence-electron chi connectivity index (χ2n) is 5.85. The predicted molar refractivity (Wildman–Crippen MR) is 100 cm³/mol. The molecule has 0 aliphatic heterocycles. The number of amides is 1. The smallest absolute Gasteiger partial charge is 0.250 e. The lowest BCUT2D eigenvalue weighted by Crippen LogP contribution is -2.38. The molecular formula is C19H24N2OS. The van der Waals surface area contributed by atoms with Crippen LogP contribution in [0.2, 0.25) is 0 Å². The number of carbonyl (C=O) groups is 1. The highest BCUT2D eigenvalue weighted by atomic mass is 32.1. The molecule has 3 nitrogen and oxygen atoms in total. The number of nitrogens with one attached hydrogen (secondary N) is 2. The van der Waals surface area contributed by atoms with E-state index in [0.29, 0.717) is 5.11 Å². The van der Waals surface area contributed by atoms with E-state index in [4.69, 9.17) is 12.2 Å². The third-order valence-corrected chi connectivity index (χ3v) is 4.10. The van der Waals surface area contributed by atoms with E-state index in [9.17, 15) is 4.79 Å². The van der Waals surface area contributed by atoms with Crippen molar-refractivity contribution in [2.45, 2.75) is 39.0 Å². The van der Waals surface area contributed by atoms with Gasteiger partial charge in [0.2, 0.25) is 5.91 Å². The first-order valence-corrected chi connectivity index (χ1v) is 8.56. The number of hydrogen-bond acceptors (Lipinski definition) is 2. The van der Waals surface area contributed by atoms with Crippen LogP contribution in [0.25, 0.3) is 6.08 Å². The Labute approximate surface area is 143 Å². The fraction of sp³-hybridized carbons (Fsp3) is 0.368. The molecule has 23 heavy (non-hydrogen) atoms. The van der Waals surface area contributed by atoms with Gasteiger partial charge in [-0.2, -0.15) is 0 Å². The molecule has 0 saturated heterocycles. The van der Waals surface area contributed by atoms with E-state index >= 15 is 0 Å². The first-order chi connectivity index (χ1) is 11.1. The highest BCUT2D eigenvalue weighted by molar-refractivity contribution is 7.80. The van der Waals surface area contributed by atoms with Crippen molar-refractivity contribution in [2.75, 3.05) is 6.54 Å². The van der Waals surface area contributed by atoms with Gasteiger partial charge in [0.05, 0.1) is 0 Å². The molecular weight excluding hydrogens is 304 g/mol. The van der Waals surface area contributed by atoms with Crippen molar-refractivity contribution in [1.82, 2.24) is 10.6 Å². The average Bonchev–Trinajstić information content (AvgIpc) is 2.55. The number of thiocarbonyl (C=S) groups is 1. The number of carbonyl (C=O) groups excluding carboxylic acids is 1. The fourth-order valence-electron chi connectivity index (χ4n) is 2.52. The van der Waals surface area contributed by atoms with Crippen molar-refractivity contribution < 1.29 is 4.79 Å². The van der Waals surface area contributed by atoms with Crippen molar-refractivity contribution in [2.24, 2.45) is 0 Å². The van der Waals surface area contributed by atoms with Crippen molar-refractivity contribution in [1.29, 1.82) is 0 Å². The van der Waals surface area contributed by atoms with E-state index in [0.717, 1.165) is 18.5 Å². The second kappa shape index (κ2) is 9.26. The first-order valence-electron chi connectivity index (χ1n) is 8.15. The van der Waals surface area contributed by atoms with Gasteiger partial charge >= 0.3 is 0 Å². The lowest BCUT2D eigenvalue weighted by molar-refractivity contribution is -0.115. The number of allylic oxidation sites excluding steroid dienone is 1. The first kappa shape index (κ1) is 17.4. The maximum absolute atomic E-state index is 11.8. The Morgan fingerprint density at radius 3 is 2.74 bits per heavy atom. The number of hydrogen-bond donors (Lipinski definition) is 2. The van der Waals surface area contributed by atoms with Crippen molar-refractivity contribution >= 4 is 29.3 Å². The molecule has 0 unspecified atom stereocenters. The summed E-state index contributed by atoms with van der Waals surface area (Å²) in [5.41, 5.74) is 3.69. The predicted octanol–water partition coefficient (Wildman–Crippen LogP) is 3.89. The Bertz CT molecular complexity index is 602. The Hall–Kier alpha value is -1.94. The van der Waals surface area contributed by atoms with E-state index in [2.05, 4.69) is 16.7 Å². The van der Waals surface area contributed by atoms with E-state index in [-0.39, 0.29) is 5.91 Å². The molecule has 4 heteroatoms.